The molecule has 7 heteroatoms. The summed E-state index contributed by atoms with van der Waals surface area (Å²) in [6.07, 6.45) is 4.58. The SMILES string of the molecule is CCCN1CCCC2c3cccc4[nH]c(C(=O)Nc5nnc(C)s5)c(c34)C[C@H]21. The molecule has 1 aromatic carbocycles. The Balaban J connectivity index is 1.56. The number of rotatable bonds is 4. The van der Waals surface area contributed by atoms with E-state index in [0.717, 1.165) is 42.0 Å². The van der Waals surface area contributed by atoms with Gasteiger partial charge in [0.25, 0.3) is 5.91 Å². The lowest BCUT2D eigenvalue weighted by molar-refractivity contribution is 0.101. The molecule has 1 aliphatic carbocycles. The van der Waals surface area contributed by atoms with Crippen LogP contribution >= 0.6 is 11.3 Å². The van der Waals surface area contributed by atoms with Crippen molar-refractivity contribution < 1.29 is 4.79 Å². The van der Waals surface area contributed by atoms with Crippen LogP contribution in [0.5, 0.6) is 0 Å². The average Bonchev–Trinajstić information content (AvgIpc) is 3.27. The third kappa shape index (κ3) is 2.84. The Hall–Kier alpha value is -2.25. The number of nitrogens with one attached hydrogen (secondary N) is 2. The molecule has 1 fully saturated rings. The standard InChI is InChI=1S/C21H25N5OS/c1-3-9-26-10-5-7-13-14-6-4-8-16-18(14)15(11-17(13)26)19(22-16)20(27)23-21-25-24-12(2)28-21/h4,6,8,13,17,22H,3,5,7,9-11H2,1-2H3,(H,23,25,27)/t13?,17-/m1/s1. The van der Waals surface area contributed by atoms with Gasteiger partial charge >= 0.3 is 0 Å². The summed E-state index contributed by atoms with van der Waals surface area (Å²) in [6.45, 7) is 6.43. The van der Waals surface area contributed by atoms with Gasteiger partial charge in [-0.1, -0.05) is 30.4 Å². The fraction of sp³-hybridized carbons (Fsp3) is 0.476. The number of carbonyl (C=O) groups excluding carboxylic acids is 1. The van der Waals surface area contributed by atoms with E-state index in [2.05, 4.69) is 50.5 Å². The number of anilines is 1. The quantitative estimate of drug-likeness (QED) is 0.698. The highest BCUT2D eigenvalue weighted by molar-refractivity contribution is 7.15. The number of hydrogen-bond donors (Lipinski definition) is 2. The summed E-state index contributed by atoms with van der Waals surface area (Å²) in [6, 6.07) is 6.95. The number of fused-ring (bicyclic) bond motifs is 2. The van der Waals surface area contributed by atoms with Gasteiger partial charge in [0.1, 0.15) is 10.7 Å². The van der Waals surface area contributed by atoms with Gasteiger partial charge < -0.3 is 4.98 Å². The van der Waals surface area contributed by atoms with Gasteiger partial charge in [0, 0.05) is 22.9 Å². The molecule has 5 rings (SSSR count). The molecule has 1 saturated heterocycles. The van der Waals surface area contributed by atoms with Gasteiger partial charge in [-0.05, 0) is 62.9 Å². The summed E-state index contributed by atoms with van der Waals surface area (Å²) < 4.78 is 0. The molecule has 0 bridgehead atoms. The van der Waals surface area contributed by atoms with Crippen molar-refractivity contribution in [3.63, 3.8) is 0 Å². The number of piperidine rings is 1. The van der Waals surface area contributed by atoms with E-state index < -0.39 is 0 Å². The first kappa shape index (κ1) is 17.8. The van der Waals surface area contributed by atoms with Crippen LogP contribution in [-0.2, 0) is 6.42 Å². The van der Waals surface area contributed by atoms with E-state index >= 15 is 0 Å². The van der Waals surface area contributed by atoms with Crippen LogP contribution in [0.15, 0.2) is 18.2 Å². The number of H-pyrrole nitrogens is 1. The maximum absolute atomic E-state index is 13.1. The minimum Gasteiger partial charge on any atom is -0.350 e. The summed E-state index contributed by atoms with van der Waals surface area (Å²) in [4.78, 5) is 19.1. The third-order valence-corrected chi connectivity index (χ3v) is 6.91. The van der Waals surface area contributed by atoms with E-state index in [4.69, 9.17) is 0 Å². The van der Waals surface area contributed by atoms with Gasteiger partial charge in [0.15, 0.2) is 0 Å². The molecule has 1 aliphatic heterocycles. The first-order chi connectivity index (χ1) is 13.7. The predicted octanol–water partition coefficient (Wildman–Crippen LogP) is 4.09. The zero-order valence-corrected chi connectivity index (χ0v) is 17.1. The largest absolute Gasteiger partial charge is 0.350 e. The smallest absolute Gasteiger partial charge is 0.274 e. The lowest BCUT2D eigenvalue weighted by atomic mass is 9.74. The normalized spacial score (nSPS) is 21.6. The number of nitrogens with zero attached hydrogens (tertiary/aromatic N) is 3. The molecular formula is C21H25N5OS. The summed E-state index contributed by atoms with van der Waals surface area (Å²) in [5.74, 6) is 0.443. The van der Waals surface area contributed by atoms with Crippen LogP contribution in [-0.4, -0.2) is 45.1 Å². The van der Waals surface area contributed by atoms with Gasteiger partial charge in [-0.25, -0.2) is 0 Å². The number of aromatic nitrogens is 3. The van der Waals surface area contributed by atoms with Crippen molar-refractivity contribution in [1.29, 1.82) is 0 Å². The van der Waals surface area contributed by atoms with Crippen LogP contribution in [0.3, 0.4) is 0 Å². The summed E-state index contributed by atoms with van der Waals surface area (Å²) in [5.41, 5.74) is 4.31. The van der Waals surface area contributed by atoms with Crippen molar-refractivity contribution in [2.45, 2.75) is 51.5 Å². The summed E-state index contributed by atoms with van der Waals surface area (Å²) in [7, 11) is 0. The number of carbonyl (C=O) groups is 1. The second-order valence-corrected chi connectivity index (χ2v) is 9.07. The Morgan fingerprint density at radius 3 is 3.07 bits per heavy atom. The van der Waals surface area contributed by atoms with E-state index in [0.29, 0.717) is 22.8 Å². The summed E-state index contributed by atoms with van der Waals surface area (Å²) >= 11 is 1.40. The van der Waals surface area contributed by atoms with Crippen molar-refractivity contribution >= 4 is 33.3 Å². The number of likely N-dealkylation sites (tertiary alicyclic amines) is 1. The maximum atomic E-state index is 13.1. The Bertz CT molecular complexity index is 1040. The molecule has 146 valence electrons. The monoisotopic (exact) mass is 395 g/mol. The van der Waals surface area contributed by atoms with Gasteiger partial charge in [-0.15, -0.1) is 10.2 Å². The number of amides is 1. The molecule has 28 heavy (non-hydrogen) atoms. The van der Waals surface area contributed by atoms with E-state index in [1.165, 1.54) is 35.1 Å². The van der Waals surface area contributed by atoms with Crippen molar-refractivity contribution in [2.24, 2.45) is 0 Å². The Morgan fingerprint density at radius 1 is 1.39 bits per heavy atom. The molecule has 2 atom stereocenters. The molecule has 0 saturated carbocycles. The van der Waals surface area contributed by atoms with Crippen LogP contribution in [0.4, 0.5) is 5.13 Å². The minimum atomic E-state index is -0.121. The lowest BCUT2D eigenvalue weighted by Crippen LogP contribution is -2.47. The molecule has 1 amide bonds. The van der Waals surface area contributed by atoms with Gasteiger partial charge in [0.2, 0.25) is 5.13 Å². The zero-order chi connectivity index (χ0) is 19.3. The molecule has 0 radical (unpaired) electrons. The Morgan fingerprint density at radius 2 is 2.29 bits per heavy atom. The van der Waals surface area contributed by atoms with Crippen LogP contribution < -0.4 is 5.32 Å². The molecular weight excluding hydrogens is 370 g/mol. The Kier molecular flexibility index (Phi) is 4.44. The second-order valence-electron chi connectivity index (χ2n) is 7.88. The number of aryl methyl sites for hydroxylation is 1. The van der Waals surface area contributed by atoms with Gasteiger partial charge in [-0.3, -0.25) is 15.0 Å². The van der Waals surface area contributed by atoms with E-state index in [-0.39, 0.29) is 5.91 Å². The molecule has 3 heterocycles. The van der Waals surface area contributed by atoms with Crippen LogP contribution in [0.25, 0.3) is 10.9 Å². The van der Waals surface area contributed by atoms with Crippen LogP contribution in [0, 0.1) is 6.92 Å². The van der Waals surface area contributed by atoms with Crippen LogP contribution in [0.2, 0.25) is 0 Å². The van der Waals surface area contributed by atoms with Crippen molar-refractivity contribution in [3.8, 4) is 0 Å². The molecule has 3 aromatic rings. The number of hydrogen-bond acceptors (Lipinski definition) is 5. The fourth-order valence-electron chi connectivity index (χ4n) is 5.09. The summed E-state index contributed by atoms with van der Waals surface area (Å²) in [5, 5.41) is 13.6. The van der Waals surface area contributed by atoms with Gasteiger partial charge in [-0.2, -0.15) is 0 Å². The highest BCUT2D eigenvalue weighted by Gasteiger charge is 2.39. The number of aromatic amines is 1. The van der Waals surface area contributed by atoms with E-state index in [1.54, 1.807) is 0 Å². The maximum Gasteiger partial charge on any atom is 0.274 e. The first-order valence-electron chi connectivity index (χ1n) is 10.1. The molecule has 2 N–H and O–H groups in total. The third-order valence-electron chi connectivity index (χ3n) is 6.15. The van der Waals surface area contributed by atoms with Crippen molar-refractivity contribution in [3.05, 3.63) is 40.0 Å². The minimum absolute atomic E-state index is 0.121. The van der Waals surface area contributed by atoms with Crippen molar-refractivity contribution in [1.82, 2.24) is 20.1 Å². The fourth-order valence-corrected chi connectivity index (χ4v) is 5.68. The zero-order valence-electron chi connectivity index (χ0n) is 16.3. The molecule has 0 spiro atoms. The molecule has 6 nitrogen and oxygen atoms in total. The highest BCUT2D eigenvalue weighted by Crippen LogP contribution is 2.44. The predicted molar refractivity (Wildman–Crippen MR) is 112 cm³/mol. The van der Waals surface area contributed by atoms with Gasteiger partial charge in [0.05, 0.1) is 0 Å². The van der Waals surface area contributed by atoms with E-state index in [9.17, 15) is 4.79 Å². The second kappa shape index (κ2) is 6.97. The van der Waals surface area contributed by atoms with E-state index in [1.807, 2.05) is 6.92 Å². The average molecular weight is 396 g/mol. The van der Waals surface area contributed by atoms with Crippen molar-refractivity contribution in [2.75, 3.05) is 18.4 Å². The molecule has 2 aromatic heterocycles. The lowest BCUT2D eigenvalue weighted by Gasteiger charge is -2.44. The first-order valence-corrected chi connectivity index (χ1v) is 11.0. The topological polar surface area (TPSA) is 73.9 Å². The molecule has 2 aliphatic rings. The molecule has 1 unspecified atom stereocenters. The number of benzene rings is 1. The highest BCUT2D eigenvalue weighted by atomic mass is 32.1. The Labute approximate surface area is 168 Å². The van der Waals surface area contributed by atoms with Crippen LogP contribution in [0.1, 0.15) is 58.7 Å².